The predicted molar refractivity (Wildman–Crippen MR) is 81.2 cm³/mol. The molecule has 0 aliphatic carbocycles. The molecule has 0 aliphatic heterocycles. The standard InChI is InChI=1S/C16H26N2O/c1-3-5-6-7-8-16(19)18-15-11-9-14(10-12-15)13-17-4-2/h9-12,17H,3-8,13H2,1-2H3,(H,18,19). The van der Waals surface area contributed by atoms with Crippen LogP contribution < -0.4 is 10.6 Å². The van der Waals surface area contributed by atoms with E-state index in [4.69, 9.17) is 0 Å². The van der Waals surface area contributed by atoms with Crippen LogP contribution in [0.2, 0.25) is 0 Å². The first-order valence-corrected chi connectivity index (χ1v) is 7.35. The lowest BCUT2D eigenvalue weighted by Gasteiger charge is -2.07. The fourth-order valence-electron chi connectivity index (χ4n) is 1.91. The van der Waals surface area contributed by atoms with Gasteiger partial charge in [0, 0.05) is 18.7 Å². The van der Waals surface area contributed by atoms with Gasteiger partial charge in [0.1, 0.15) is 0 Å². The van der Waals surface area contributed by atoms with Gasteiger partial charge in [-0.15, -0.1) is 0 Å². The van der Waals surface area contributed by atoms with E-state index < -0.39 is 0 Å². The fraction of sp³-hybridized carbons (Fsp3) is 0.562. The van der Waals surface area contributed by atoms with Crippen molar-refractivity contribution in [2.45, 2.75) is 52.5 Å². The van der Waals surface area contributed by atoms with E-state index in [0.717, 1.165) is 31.6 Å². The van der Waals surface area contributed by atoms with Crippen LogP contribution in [0, 0.1) is 0 Å². The summed E-state index contributed by atoms with van der Waals surface area (Å²) in [6, 6.07) is 8.04. The van der Waals surface area contributed by atoms with Crippen molar-refractivity contribution in [3.05, 3.63) is 29.8 Å². The molecule has 2 N–H and O–H groups in total. The number of carbonyl (C=O) groups excluding carboxylic acids is 1. The van der Waals surface area contributed by atoms with Crippen molar-refractivity contribution in [1.82, 2.24) is 5.32 Å². The van der Waals surface area contributed by atoms with Gasteiger partial charge in [0.15, 0.2) is 0 Å². The van der Waals surface area contributed by atoms with Crippen LogP contribution in [0.25, 0.3) is 0 Å². The Labute approximate surface area is 116 Å². The van der Waals surface area contributed by atoms with Crippen LogP contribution in [0.3, 0.4) is 0 Å². The second-order valence-corrected chi connectivity index (χ2v) is 4.84. The second kappa shape index (κ2) is 9.56. The van der Waals surface area contributed by atoms with Crippen molar-refractivity contribution in [1.29, 1.82) is 0 Å². The molecule has 0 fully saturated rings. The first-order chi connectivity index (χ1) is 9.26. The molecule has 0 aliphatic rings. The van der Waals surface area contributed by atoms with Crippen molar-refractivity contribution in [2.75, 3.05) is 11.9 Å². The number of hydrogen-bond donors (Lipinski definition) is 2. The van der Waals surface area contributed by atoms with E-state index in [2.05, 4.69) is 36.6 Å². The van der Waals surface area contributed by atoms with Gasteiger partial charge in [0.2, 0.25) is 5.91 Å². The normalized spacial score (nSPS) is 10.4. The molecule has 0 aromatic heterocycles. The van der Waals surface area contributed by atoms with Crippen molar-refractivity contribution in [3.63, 3.8) is 0 Å². The summed E-state index contributed by atoms with van der Waals surface area (Å²) in [6.45, 7) is 6.11. The van der Waals surface area contributed by atoms with E-state index in [1.54, 1.807) is 0 Å². The maximum absolute atomic E-state index is 11.7. The summed E-state index contributed by atoms with van der Waals surface area (Å²) in [5.41, 5.74) is 2.13. The highest BCUT2D eigenvalue weighted by Gasteiger charge is 2.02. The molecular weight excluding hydrogens is 236 g/mol. The van der Waals surface area contributed by atoms with Crippen LogP contribution in [0.4, 0.5) is 5.69 Å². The predicted octanol–water partition coefficient (Wildman–Crippen LogP) is 3.71. The minimum absolute atomic E-state index is 0.121. The first-order valence-electron chi connectivity index (χ1n) is 7.35. The van der Waals surface area contributed by atoms with Gasteiger partial charge in [0.05, 0.1) is 0 Å². The number of benzene rings is 1. The van der Waals surface area contributed by atoms with Crippen molar-refractivity contribution >= 4 is 11.6 Å². The molecule has 106 valence electrons. The molecule has 1 rings (SSSR count). The van der Waals surface area contributed by atoms with Gasteiger partial charge in [-0.1, -0.05) is 45.2 Å². The highest BCUT2D eigenvalue weighted by atomic mass is 16.1. The zero-order valence-electron chi connectivity index (χ0n) is 12.2. The molecule has 1 aromatic carbocycles. The summed E-state index contributed by atoms with van der Waals surface area (Å²) < 4.78 is 0. The van der Waals surface area contributed by atoms with E-state index in [-0.39, 0.29) is 5.91 Å². The summed E-state index contributed by atoms with van der Waals surface area (Å²) in [4.78, 5) is 11.7. The molecular formula is C16H26N2O. The molecule has 0 atom stereocenters. The Hall–Kier alpha value is -1.35. The third-order valence-corrected chi connectivity index (χ3v) is 3.07. The van der Waals surface area contributed by atoms with Gasteiger partial charge < -0.3 is 10.6 Å². The minimum Gasteiger partial charge on any atom is -0.326 e. The van der Waals surface area contributed by atoms with Crippen LogP contribution in [-0.4, -0.2) is 12.5 Å². The number of unbranched alkanes of at least 4 members (excludes halogenated alkanes) is 3. The topological polar surface area (TPSA) is 41.1 Å². The zero-order valence-corrected chi connectivity index (χ0v) is 12.2. The number of anilines is 1. The van der Waals surface area contributed by atoms with Crippen molar-refractivity contribution in [3.8, 4) is 0 Å². The third-order valence-electron chi connectivity index (χ3n) is 3.07. The monoisotopic (exact) mass is 262 g/mol. The summed E-state index contributed by atoms with van der Waals surface area (Å²) in [6.07, 6.45) is 5.17. The average molecular weight is 262 g/mol. The SMILES string of the molecule is CCCCCCC(=O)Nc1ccc(CNCC)cc1. The van der Waals surface area contributed by atoms with E-state index in [1.165, 1.54) is 18.4 Å². The van der Waals surface area contributed by atoms with Crippen molar-refractivity contribution in [2.24, 2.45) is 0 Å². The van der Waals surface area contributed by atoms with E-state index >= 15 is 0 Å². The lowest BCUT2D eigenvalue weighted by atomic mass is 10.1. The number of hydrogen-bond acceptors (Lipinski definition) is 2. The summed E-state index contributed by atoms with van der Waals surface area (Å²) in [5, 5.41) is 6.22. The molecule has 0 saturated carbocycles. The van der Waals surface area contributed by atoms with Crippen LogP contribution in [0.15, 0.2) is 24.3 Å². The smallest absolute Gasteiger partial charge is 0.224 e. The van der Waals surface area contributed by atoms with Crippen LogP contribution in [0.1, 0.15) is 51.5 Å². The Balaban J connectivity index is 2.29. The quantitative estimate of drug-likeness (QED) is 0.666. The summed E-state index contributed by atoms with van der Waals surface area (Å²) in [5.74, 6) is 0.121. The average Bonchev–Trinajstić information content (AvgIpc) is 2.43. The maximum Gasteiger partial charge on any atom is 0.224 e. The van der Waals surface area contributed by atoms with Gasteiger partial charge in [-0.25, -0.2) is 0 Å². The molecule has 0 unspecified atom stereocenters. The molecule has 0 bridgehead atoms. The van der Waals surface area contributed by atoms with E-state index in [1.807, 2.05) is 12.1 Å². The molecule has 19 heavy (non-hydrogen) atoms. The number of nitrogens with one attached hydrogen (secondary N) is 2. The van der Waals surface area contributed by atoms with Gasteiger partial charge in [-0.2, -0.15) is 0 Å². The Bertz CT molecular complexity index is 360. The van der Waals surface area contributed by atoms with Gasteiger partial charge in [-0.3, -0.25) is 4.79 Å². The number of rotatable bonds is 9. The van der Waals surface area contributed by atoms with Gasteiger partial charge in [-0.05, 0) is 30.7 Å². The minimum atomic E-state index is 0.121. The number of amides is 1. The molecule has 1 aromatic rings. The lowest BCUT2D eigenvalue weighted by Crippen LogP contribution is -2.13. The van der Waals surface area contributed by atoms with Crippen LogP contribution in [-0.2, 0) is 11.3 Å². The van der Waals surface area contributed by atoms with Crippen molar-refractivity contribution < 1.29 is 4.79 Å². The number of carbonyl (C=O) groups is 1. The van der Waals surface area contributed by atoms with Crippen LogP contribution >= 0.6 is 0 Å². The van der Waals surface area contributed by atoms with E-state index in [0.29, 0.717) is 6.42 Å². The van der Waals surface area contributed by atoms with Gasteiger partial charge in [0.25, 0.3) is 0 Å². The second-order valence-electron chi connectivity index (χ2n) is 4.84. The molecule has 3 heteroatoms. The molecule has 0 radical (unpaired) electrons. The molecule has 1 amide bonds. The highest BCUT2D eigenvalue weighted by molar-refractivity contribution is 5.90. The summed E-state index contributed by atoms with van der Waals surface area (Å²) >= 11 is 0. The Morgan fingerprint density at radius 2 is 1.79 bits per heavy atom. The Morgan fingerprint density at radius 1 is 1.05 bits per heavy atom. The van der Waals surface area contributed by atoms with Gasteiger partial charge >= 0.3 is 0 Å². The molecule has 0 spiro atoms. The Morgan fingerprint density at radius 3 is 2.42 bits per heavy atom. The zero-order chi connectivity index (χ0) is 13.9. The Kier molecular flexibility index (Phi) is 7.91. The molecule has 3 nitrogen and oxygen atoms in total. The summed E-state index contributed by atoms with van der Waals surface area (Å²) in [7, 11) is 0. The first kappa shape index (κ1) is 15.7. The largest absolute Gasteiger partial charge is 0.326 e. The van der Waals surface area contributed by atoms with Crippen LogP contribution in [0.5, 0.6) is 0 Å². The fourth-order valence-corrected chi connectivity index (χ4v) is 1.91. The molecule has 0 saturated heterocycles. The third kappa shape index (κ3) is 6.97. The highest BCUT2D eigenvalue weighted by Crippen LogP contribution is 2.11. The van der Waals surface area contributed by atoms with E-state index in [9.17, 15) is 4.79 Å². The maximum atomic E-state index is 11.7. The lowest BCUT2D eigenvalue weighted by molar-refractivity contribution is -0.116. The molecule has 0 heterocycles.